The molecule has 0 saturated heterocycles. The minimum absolute atomic E-state index is 0.0388. The molecule has 3 rings (SSSR count). The van der Waals surface area contributed by atoms with Gasteiger partial charge in [0, 0.05) is 47.8 Å². The standard InChI is InChI=1S/C23H20Cl2N4O3/c1-28(2)23(32)16-5-3-6-19(11-16)29(14-15-9-17(24)12-18(25)10-15)21(31)13-20(30)22-26-7-4-8-27-22/h3-12H,13-14H2,1-2H3. The summed E-state index contributed by atoms with van der Waals surface area (Å²) in [5.74, 6) is -1.24. The molecule has 164 valence electrons. The molecule has 0 aliphatic heterocycles. The molecule has 7 nitrogen and oxygen atoms in total. The molecular formula is C23H20Cl2N4O3. The summed E-state index contributed by atoms with van der Waals surface area (Å²) in [6.45, 7) is 0.0989. The minimum Gasteiger partial charge on any atom is -0.345 e. The average molecular weight is 471 g/mol. The van der Waals surface area contributed by atoms with Crippen LogP contribution in [0, 0.1) is 0 Å². The number of halogens is 2. The first-order valence-corrected chi connectivity index (χ1v) is 10.4. The van der Waals surface area contributed by atoms with Gasteiger partial charge in [-0.05, 0) is 48.0 Å². The molecule has 3 aromatic rings. The van der Waals surface area contributed by atoms with Gasteiger partial charge in [-0.2, -0.15) is 0 Å². The Labute approximate surface area is 195 Å². The lowest BCUT2D eigenvalue weighted by Crippen LogP contribution is -2.32. The van der Waals surface area contributed by atoms with Crippen molar-refractivity contribution in [1.29, 1.82) is 0 Å². The molecule has 0 aliphatic rings. The number of ketones is 1. The molecule has 1 aromatic heterocycles. The number of hydrogen-bond acceptors (Lipinski definition) is 5. The van der Waals surface area contributed by atoms with Gasteiger partial charge in [0.05, 0.1) is 13.0 Å². The van der Waals surface area contributed by atoms with Gasteiger partial charge in [-0.3, -0.25) is 14.4 Å². The number of benzene rings is 2. The fraction of sp³-hybridized carbons (Fsp3) is 0.174. The van der Waals surface area contributed by atoms with Gasteiger partial charge in [0.2, 0.25) is 11.7 Å². The van der Waals surface area contributed by atoms with E-state index in [-0.39, 0.29) is 18.3 Å². The summed E-state index contributed by atoms with van der Waals surface area (Å²) in [6.07, 6.45) is 2.43. The van der Waals surface area contributed by atoms with Crippen LogP contribution in [0.1, 0.15) is 33.0 Å². The van der Waals surface area contributed by atoms with E-state index in [1.807, 2.05) is 0 Å². The van der Waals surface area contributed by atoms with Crippen LogP contribution in [0.25, 0.3) is 0 Å². The third kappa shape index (κ3) is 5.90. The second-order valence-corrected chi connectivity index (χ2v) is 8.05. The number of carbonyl (C=O) groups excluding carboxylic acids is 3. The molecular weight excluding hydrogens is 451 g/mol. The molecule has 0 N–H and O–H groups in total. The van der Waals surface area contributed by atoms with E-state index in [4.69, 9.17) is 23.2 Å². The molecule has 2 amide bonds. The maximum absolute atomic E-state index is 13.2. The molecule has 0 fully saturated rings. The highest BCUT2D eigenvalue weighted by Crippen LogP contribution is 2.25. The van der Waals surface area contributed by atoms with E-state index >= 15 is 0 Å². The highest BCUT2D eigenvalue weighted by molar-refractivity contribution is 6.34. The lowest BCUT2D eigenvalue weighted by molar-refractivity contribution is -0.117. The Morgan fingerprint density at radius 2 is 1.56 bits per heavy atom. The van der Waals surface area contributed by atoms with Gasteiger partial charge in [-0.15, -0.1) is 0 Å². The fourth-order valence-corrected chi connectivity index (χ4v) is 3.60. The van der Waals surface area contributed by atoms with Gasteiger partial charge in [0.25, 0.3) is 5.91 Å². The molecule has 32 heavy (non-hydrogen) atoms. The van der Waals surface area contributed by atoms with Gasteiger partial charge < -0.3 is 9.80 Å². The predicted molar refractivity (Wildman–Crippen MR) is 123 cm³/mol. The van der Waals surface area contributed by atoms with Crippen molar-refractivity contribution in [3.8, 4) is 0 Å². The van der Waals surface area contributed by atoms with Crippen LogP contribution < -0.4 is 4.90 Å². The maximum Gasteiger partial charge on any atom is 0.253 e. The smallest absolute Gasteiger partial charge is 0.253 e. The summed E-state index contributed by atoms with van der Waals surface area (Å²) in [6, 6.07) is 13.2. The topological polar surface area (TPSA) is 83.5 Å². The predicted octanol–water partition coefficient (Wildman–Crippen LogP) is 4.29. The largest absolute Gasteiger partial charge is 0.345 e. The van der Waals surface area contributed by atoms with Gasteiger partial charge in [0.1, 0.15) is 0 Å². The van der Waals surface area contributed by atoms with E-state index in [1.165, 1.54) is 22.2 Å². The van der Waals surface area contributed by atoms with Gasteiger partial charge >= 0.3 is 0 Å². The van der Waals surface area contributed by atoms with Crippen molar-refractivity contribution < 1.29 is 14.4 Å². The zero-order chi connectivity index (χ0) is 23.3. The van der Waals surface area contributed by atoms with Crippen molar-refractivity contribution >= 4 is 46.5 Å². The average Bonchev–Trinajstić information content (AvgIpc) is 2.76. The zero-order valence-corrected chi connectivity index (χ0v) is 19.0. The summed E-state index contributed by atoms with van der Waals surface area (Å²) in [5.41, 5.74) is 1.54. The van der Waals surface area contributed by atoms with Crippen LogP contribution in [0.4, 0.5) is 5.69 Å². The summed E-state index contributed by atoms with van der Waals surface area (Å²) in [7, 11) is 3.29. The first kappa shape index (κ1) is 23.4. The van der Waals surface area contributed by atoms with Crippen LogP contribution in [0.2, 0.25) is 10.0 Å². The van der Waals surface area contributed by atoms with Gasteiger partial charge in [-0.1, -0.05) is 29.3 Å². The second-order valence-electron chi connectivity index (χ2n) is 7.18. The van der Waals surface area contributed by atoms with E-state index in [0.29, 0.717) is 26.9 Å². The lowest BCUT2D eigenvalue weighted by Gasteiger charge is -2.24. The monoisotopic (exact) mass is 470 g/mol. The second kappa shape index (κ2) is 10.3. The Kier molecular flexibility index (Phi) is 7.56. The minimum atomic E-state index is -0.509. The highest BCUT2D eigenvalue weighted by Gasteiger charge is 2.23. The van der Waals surface area contributed by atoms with E-state index in [2.05, 4.69) is 9.97 Å². The van der Waals surface area contributed by atoms with Gasteiger partial charge in [0.15, 0.2) is 5.82 Å². The van der Waals surface area contributed by atoms with E-state index in [0.717, 1.165) is 0 Å². The number of rotatable bonds is 7. The van der Waals surface area contributed by atoms with Crippen molar-refractivity contribution in [3.63, 3.8) is 0 Å². The zero-order valence-electron chi connectivity index (χ0n) is 17.5. The number of amides is 2. The van der Waals surface area contributed by atoms with E-state index in [9.17, 15) is 14.4 Å². The molecule has 0 aliphatic carbocycles. The van der Waals surface area contributed by atoms with Crippen LogP contribution in [-0.2, 0) is 11.3 Å². The number of hydrogen-bond donors (Lipinski definition) is 0. The Balaban J connectivity index is 1.95. The van der Waals surface area contributed by atoms with Crippen molar-refractivity contribution in [2.75, 3.05) is 19.0 Å². The SMILES string of the molecule is CN(C)C(=O)c1cccc(N(Cc2cc(Cl)cc(Cl)c2)C(=O)CC(=O)c2ncccn2)c1. The Hall–Kier alpha value is -3.29. The maximum atomic E-state index is 13.2. The third-order valence-corrected chi connectivity index (χ3v) is 4.94. The van der Waals surface area contributed by atoms with Crippen molar-refractivity contribution in [1.82, 2.24) is 14.9 Å². The van der Waals surface area contributed by atoms with E-state index in [1.54, 1.807) is 62.6 Å². The molecule has 0 radical (unpaired) electrons. The Bertz CT molecular complexity index is 1130. The molecule has 0 unspecified atom stereocenters. The van der Waals surface area contributed by atoms with Crippen molar-refractivity contribution in [3.05, 3.63) is 87.9 Å². The lowest BCUT2D eigenvalue weighted by atomic mass is 10.1. The molecule has 0 bridgehead atoms. The highest BCUT2D eigenvalue weighted by atomic mass is 35.5. The summed E-state index contributed by atoms with van der Waals surface area (Å²) < 4.78 is 0. The summed E-state index contributed by atoms with van der Waals surface area (Å²) >= 11 is 12.2. The van der Waals surface area contributed by atoms with Crippen molar-refractivity contribution in [2.45, 2.75) is 13.0 Å². The Morgan fingerprint density at radius 3 is 2.19 bits per heavy atom. The first-order chi connectivity index (χ1) is 15.2. The van der Waals surface area contributed by atoms with Gasteiger partial charge in [-0.25, -0.2) is 9.97 Å². The Morgan fingerprint density at radius 1 is 0.906 bits per heavy atom. The fourth-order valence-electron chi connectivity index (χ4n) is 3.03. The molecule has 9 heteroatoms. The number of aromatic nitrogens is 2. The molecule has 0 atom stereocenters. The van der Waals surface area contributed by atoms with Crippen LogP contribution in [0.5, 0.6) is 0 Å². The number of nitrogens with zero attached hydrogens (tertiary/aromatic N) is 4. The van der Waals surface area contributed by atoms with E-state index < -0.39 is 18.1 Å². The van der Waals surface area contributed by atoms with Crippen LogP contribution in [0.3, 0.4) is 0 Å². The molecule has 0 spiro atoms. The summed E-state index contributed by atoms with van der Waals surface area (Å²) in [4.78, 5) is 48.8. The number of carbonyl (C=O) groups is 3. The number of anilines is 1. The van der Waals surface area contributed by atoms with Crippen LogP contribution >= 0.6 is 23.2 Å². The molecule has 0 saturated carbocycles. The number of Topliss-reactive ketones (excluding diaryl/α,β-unsaturated/α-hetero) is 1. The molecule has 2 aromatic carbocycles. The normalized spacial score (nSPS) is 10.5. The van der Waals surface area contributed by atoms with Crippen LogP contribution in [-0.4, -0.2) is 46.6 Å². The first-order valence-electron chi connectivity index (χ1n) is 9.62. The van der Waals surface area contributed by atoms with Crippen molar-refractivity contribution in [2.24, 2.45) is 0 Å². The summed E-state index contributed by atoms with van der Waals surface area (Å²) in [5, 5.41) is 0.843. The molecule has 1 heterocycles. The third-order valence-electron chi connectivity index (χ3n) is 4.50. The van der Waals surface area contributed by atoms with Crippen LogP contribution in [0.15, 0.2) is 60.9 Å². The quantitative estimate of drug-likeness (QED) is 0.379.